The van der Waals surface area contributed by atoms with E-state index in [1.165, 1.54) is 0 Å². The van der Waals surface area contributed by atoms with Crippen LogP contribution in [0.4, 0.5) is 0 Å². The van der Waals surface area contributed by atoms with Crippen LogP contribution in [0.5, 0.6) is 0 Å². The molecule has 0 bridgehead atoms. The first kappa shape index (κ1) is 19.8. The molecule has 2 N–H and O–H groups in total. The average Bonchev–Trinajstić information content (AvgIpc) is 2.77. The summed E-state index contributed by atoms with van der Waals surface area (Å²) in [5, 5.41) is 21.1. The van der Waals surface area contributed by atoms with Crippen molar-refractivity contribution in [1.82, 2.24) is 4.90 Å². The van der Waals surface area contributed by atoms with Crippen molar-refractivity contribution >= 4 is 5.91 Å². The lowest BCUT2D eigenvalue weighted by Crippen LogP contribution is -2.36. The number of amides is 1. The SMILES string of the molecule is O=C(c1ccccc1)N(CC[C@H](O)c1ccccc1)C[C@@H](O)c1ccccc1. The number of nitrogens with zero attached hydrogens (tertiary/aromatic N) is 1. The van der Waals surface area contributed by atoms with Gasteiger partial charge in [0.2, 0.25) is 0 Å². The fraction of sp³-hybridized carbons (Fsp3) is 0.208. The van der Waals surface area contributed by atoms with E-state index in [2.05, 4.69) is 0 Å². The van der Waals surface area contributed by atoms with Gasteiger partial charge in [-0.25, -0.2) is 0 Å². The van der Waals surface area contributed by atoms with Crippen molar-refractivity contribution in [3.63, 3.8) is 0 Å². The van der Waals surface area contributed by atoms with Gasteiger partial charge in [0, 0.05) is 12.1 Å². The number of hydrogen-bond donors (Lipinski definition) is 2. The lowest BCUT2D eigenvalue weighted by atomic mass is 10.0. The number of carbonyl (C=O) groups excluding carboxylic acids is 1. The van der Waals surface area contributed by atoms with Gasteiger partial charge in [-0.15, -0.1) is 0 Å². The summed E-state index contributed by atoms with van der Waals surface area (Å²) < 4.78 is 0. The highest BCUT2D eigenvalue weighted by Crippen LogP contribution is 2.20. The maximum atomic E-state index is 13.0. The van der Waals surface area contributed by atoms with Crippen LogP contribution in [0, 0.1) is 0 Å². The van der Waals surface area contributed by atoms with Crippen molar-refractivity contribution in [3.8, 4) is 0 Å². The second kappa shape index (κ2) is 9.83. The van der Waals surface area contributed by atoms with E-state index in [9.17, 15) is 15.0 Å². The van der Waals surface area contributed by atoms with E-state index in [0.717, 1.165) is 11.1 Å². The third kappa shape index (κ3) is 5.28. The van der Waals surface area contributed by atoms with Crippen molar-refractivity contribution in [2.75, 3.05) is 13.1 Å². The molecule has 3 rings (SSSR count). The summed E-state index contributed by atoms with van der Waals surface area (Å²) in [5.74, 6) is -0.157. The molecule has 144 valence electrons. The minimum Gasteiger partial charge on any atom is -0.388 e. The smallest absolute Gasteiger partial charge is 0.253 e. The van der Waals surface area contributed by atoms with Crippen LogP contribution < -0.4 is 0 Å². The Balaban J connectivity index is 1.73. The van der Waals surface area contributed by atoms with Crippen LogP contribution in [0.2, 0.25) is 0 Å². The Morgan fingerprint density at radius 3 is 1.71 bits per heavy atom. The van der Waals surface area contributed by atoms with Gasteiger partial charge < -0.3 is 15.1 Å². The molecule has 4 nitrogen and oxygen atoms in total. The van der Waals surface area contributed by atoms with Gasteiger partial charge in [0.05, 0.1) is 18.8 Å². The topological polar surface area (TPSA) is 60.8 Å². The Morgan fingerprint density at radius 2 is 1.18 bits per heavy atom. The molecular formula is C24H25NO3. The standard InChI is InChI=1S/C24H25NO3/c26-22(19-10-4-1-5-11-19)16-17-25(24(28)21-14-8-3-9-15-21)18-23(27)20-12-6-2-7-13-20/h1-15,22-23,26-27H,16-18H2/t22-,23+/m0/s1. The first-order valence-corrected chi connectivity index (χ1v) is 9.45. The average molecular weight is 375 g/mol. The minimum absolute atomic E-state index is 0.157. The van der Waals surface area contributed by atoms with Crippen molar-refractivity contribution in [1.29, 1.82) is 0 Å². The summed E-state index contributed by atoms with van der Waals surface area (Å²) in [4.78, 5) is 14.6. The zero-order valence-corrected chi connectivity index (χ0v) is 15.7. The van der Waals surface area contributed by atoms with Gasteiger partial charge in [-0.05, 0) is 29.7 Å². The summed E-state index contributed by atoms with van der Waals surface area (Å²) in [7, 11) is 0. The van der Waals surface area contributed by atoms with Gasteiger partial charge in [-0.3, -0.25) is 4.79 Å². The number of rotatable bonds is 8. The molecule has 3 aromatic carbocycles. The van der Waals surface area contributed by atoms with E-state index >= 15 is 0 Å². The summed E-state index contributed by atoms with van der Waals surface area (Å²) in [6.45, 7) is 0.507. The van der Waals surface area contributed by atoms with Gasteiger partial charge in [0.25, 0.3) is 5.91 Å². The third-order valence-corrected chi connectivity index (χ3v) is 4.74. The molecular weight excluding hydrogens is 350 g/mol. The highest BCUT2D eigenvalue weighted by atomic mass is 16.3. The molecule has 0 fully saturated rings. The Labute approximate surface area is 165 Å². The zero-order chi connectivity index (χ0) is 19.8. The lowest BCUT2D eigenvalue weighted by Gasteiger charge is -2.27. The van der Waals surface area contributed by atoms with Crippen molar-refractivity contribution in [3.05, 3.63) is 108 Å². The van der Waals surface area contributed by atoms with Crippen LogP contribution in [-0.2, 0) is 0 Å². The predicted molar refractivity (Wildman–Crippen MR) is 110 cm³/mol. The van der Waals surface area contributed by atoms with Crippen LogP contribution in [-0.4, -0.2) is 34.1 Å². The molecule has 28 heavy (non-hydrogen) atoms. The van der Waals surface area contributed by atoms with Crippen molar-refractivity contribution < 1.29 is 15.0 Å². The maximum Gasteiger partial charge on any atom is 0.253 e. The fourth-order valence-corrected chi connectivity index (χ4v) is 3.15. The minimum atomic E-state index is -0.789. The van der Waals surface area contributed by atoms with Crippen LogP contribution in [0.15, 0.2) is 91.0 Å². The van der Waals surface area contributed by atoms with Gasteiger partial charge >= 0.3 is 0 Å². The molecule has 4 heteroatoms. The molecule has 0 aromatic heterocycles. The molecule has 0 saturated heterocycles. The Hall–Kier alpha value is -2.95. The molecule has 2 atom stereocenters. The molecule has 0 spiro atoms. The summed E-state index contributed by atoms with van der Waals surface area (Å²) in [6.07, 6.45) is -1.06. The summed E-state index contributed by atoms with van der Waals surface area (Å²) in [5.41, 5.74) is 2.15. The Morgan fingerprint density at radius 1 is 0.714 bits per heavy atom. The first-order valence-electron chi connectivity index (χ1n) is 9.45. The van der Waals surface area contributed by atoms with Crippen molar-refractivity contribution in [2.24, 2.45) is 0 Å². The number of benzene rings is 3. The summed E-state index contributed by atoms with van der Waals surface area (Å²) >= 11 is 0. The number of hydrogen-bond acceptors (Lipinski definition) is 3. The number of aliphatic hydroxyl groups is 2. The Bertz CT molecular complexity index is 853. The summed E-state index contributed by atoms with van der Waals surface area (Å²) in [6, 6.07) is 27.7. The van der Waals surface area contributed by atoms with Crippen LogP contribution in [0.25, 0.3) is 0 Å². The van der Waals surface area contributed by atoms with E-state index < -0.39 is 12.2 Å². The molecule has 0 radical (unpaired) electrons. The van der Waals surface area contributed by atoms with E-state index in [4.69, 9.17) is 0 Å². The van der Waals surface area contributed by atoms with Gasteiger partial charge in [-0.2, -0.15) is 0 Å². The quantitative estimate of drug-likeness (QED) is 0.626. The van der Waals surface area contributed by atoms with Crippen LogP contribution in [0.1, 0.15) is 40.1 Å². The van der Waals surface area contributed by atoms with E-state index in [0.29, 0.717) is 18.5 Å². The molecule has 0 heterocycles. The molecule has 1 amide bonds. The first-order chi connectivity index (χ1) is 13.6. The fourth-order valence-electron chi connectivity index (χ4n) is 3.15. The molecule has 0 unspecified atom stereocenters. The monoisotopic (exact) mass is 375 g/mol. The number of carbonyl (C=O) groups is 1. The second-order valence-corrected chi connectivity index (χ2v) is 6.76. The largest absolute Gasteiger partial charge is 0.388 e. The second-order valence-electron chi connectivity index (χ2n) is 6.76. The highest BCUT2D eigenvalue weighted by molar-refractivity contribution is 5.94. The van der Waals surface area contributed by atoms with Gasteiger partial charge in [0.1, 0.15) is 0 Å². The highest BCUT2D eigenvalue weighted by Gasteiger charge is 2.21. The van der Waals surface area contributed by atoms with Crippen LogP contribution in [0.3, 0.4) is 0 Å². The maximum absolute atomic E-state index is 13.0. The third-order valence-electron chi connectivity index (χ3n) is 4.74. The Kier molecular flexibility index (Phi) is 6.95. The lowest BCUT2D eigenvalue weighted by molar-refractivity contribution is 0.0571. The predicted octanol–water partition coefficient (Wildman–Crippen LogP) is 3.99. The van der Waals surface area contributed by atoms with E-state index in [1.807, 2.05) is 78.9 Å². The molecule has 0 aliphatic heterocycles. The van der Waals surface area contributed by atoms with Gasteiger partial charge in [-0.1, -0.05) is 78.9 Å². The molecule has 0 saturated carbocycles. The van der Waals surface area contributed by atoms with Gasteiger partial charge in [0.15, 0.2) is 0 Å². The number of aliphatic hydroxyl groups excluding tert-OH is 2. The van der Waals surface area contributed by atoms with Crippen molar-refractivity contribution in [2.45, 2.75) is 18.6 Å². The zero-order valence-electron chi connectivity index (χ0n) is 15.7. The molecule has 0 aliphatic rings. The van der Waals surface area contributed by atoms with E-state index in [1.54, 1.807) is 17.0 Å². The van der Waals surface area contributed by atoms with Crippen LogP contribution >= 0.6 is 0 Å². The molecule has 0 aliphatic carbocycles. The van der Waals surface area contributed by atoms with E-state index in [-0.39, 0.29) is 12.5 Å². The molecule has 3 aromatic rings. The normalized spacial score (nSPS) is 12.9.